The van der Waals surface area contributed by atoms with Gasteiger partial charge < -0.3 is 10.1 Å². The number of anilines is 1. The molecule has 1 amide bonds. The third-order valence-electron chi connectivity index (χ3n) is 6.60. The molecular weight excluding hydrogens is 566 g/mol. The Bertz CT molecular complexity index is 1790. The zero-order chi connectivity index (χ0) is 30.4. The molecule has 0 radical (unpaired) electrons. The first-order chi connectivity index (χ1) is 19.8. The highest BCUT2D eigenvalue weighted by atomic mass is 19.4. The van der Waals surface area contributed by atoms with E-state index < -0.39 is 29.5 Å². The number of fused-ring (bicyclic) bond motifs is 1. The van der Waals surface area contributed by atoms with Gasteiger partial charge in [-0.1, -0.05) is 12.1 Å². The number of aryl methyl sites for hydroxylation is 1. The van der Waals surface area contributed by atoms with E-state index in [-0.39, 0.29) is 29.1 Å². The molecule has 5 aromatic rings. The van der Waals surface area contributed by atoms with Crippen molar-refractivity contribution in [3.05, 3.63) is 94.6 Å². The Hall–Kier alpha value is -4.88. The van der Waals surface area contributed by atoms with Gasteiger partial charge in [0.05, 0.1) is 48.2 Å². The van der Waals surface area contributed by atoms with Gasteiger partial charge in [0.1, 0.15) is 11.3 Å². The lowest BCUT2D eigenvalue weighted by molar-refractivity contribution is -0.142. The van der Waals surface area contributed by atoms with Crippen molar-refractivity contribution in [2.45, 2.75) is 32.7 Å². The number of ether oxygens (including phenoxy) is 1. The highest BCUT2D eigenvalue weighted by molar-refractivity contribution is 6.08. The van der Waals surface area contributed by atoms with Crippen LogP contribution in [0.3, 0.4) is 0 Å². The number of methoxy groups -OCH3 is 1. The minimum atomic E-state index is -4.81. The first kappa shape index (κ1) is 28.6. The summed E-state index contributed by atoms with van der Waals surface area (Å²) in [5, 5.41) is 10.8. The molecule has 2 aromatic carbocycles. The Labute approximate surface area is 234 Å². The van der Waals surface area contributed by atoms with Crippen molar-refractivity contribution in [3.63, 3.8) is 0 Å². The van der Waals surface area contributed by atoms with E-state index in [0.717, 1.165) is 24.4 Å². The fourth-order valence-electron chi connectivity index (χ4n) is 4.47. The number of hydrogen-bond acceptors (Lipinski definition) is 5. The van der Waals surface area contributed by atoms with E-state index in [1.54, 1.807) is 38.1 Å². The summed E-state index contributed by atoms with van der Waals surface area (Å²) in [4.78, 5) is 17.7. The van der Waals surface area contributed by atoms with E-state index in [2.05, 4.69) is 20.5 Å². The van der Waals surface area contributed by atoms with E-state index in [0.29, 0.717) is 32.8 Å². The van der Waals surface area contributed by atoms with Crippen LogP contribution in [0.25, 0.3) is 16.9 Å². The van der Waals surface area contributed by atoms with Gasteiger partial charge in [-0.15, -0.1) is 0 Å². The van der Waals surface area contributed by atoms with Crippen molar-refractivity contribution in [3.8, 4) is 17.0 Å². The lowest BCUT2D eigenvalue weighted by Gasteiger charge is -2.12. The molecule has 0 aliphatic heterocycles. The highest BCUT2D eigenvalue weighted by Crippen LogP contribution is 2.34. The van der Waals surface area contributed by atoms with Gasteiger partial charge in [0.15, 0.2) is 11.3 Å². The highest BCUT2D eigenvalue weighted by Gasteiger charge is 2.36. The number of nitrogens with one attached hydrogen (secondary N) is 1. The van der Waals surface area contributed by atoms with Crippen molar-refractivity contribution >= 4 is 17.2 Å². The Morgan fingerprint density at radius 3 is 2.33 bits per heavy atom. The molecule has 218 valence electrons. The molecule has 1 N–H and O–H groups in total. The van der Waals surface area contributed by atoms with Crippen molar-refractivity contribution in [2.24, 2.45) is 0 Å². The Morgan fingerprint density at radius 2 is 1.69 bits per heavy atom. The smallest absolute Gasteiger partial charge is 0.433 e. The number of benzene rings is 2. The second-order valence-electron chi connectivity index (χ2n) is 9.40. The molecule has 0 aliphatic carbocycles. The molecule has 0 bridgehead atoms. The van der Waals surface area contributed by atoms with Gasteiger partial charge in [-0.25, -0.2) is 9.50 Å². The van der Waals surface area contributed by atoms with E-state index in [4.69, 9.17) is 4.74 Å². The number of hydrogen-bond donors (Lipinski definition) is 1. The predicted molar refractivity (Wildman–Crippen MR) is 140 cm³/mol. The number of halogens is 6. The average Bonchev–Trinajstić information content (AvgIpc) is 3.48. The number of rotatable bonds is 6. The summed E-state index contributed by atoms with van der Waals surface area (Å²) in [5.74, 6) is -0.290. The zero-order valence-corrected chi connectivity index (χ0v) is 22.3. The largest absolute Gasteiger partial charge is 0.497 e. The van der Waals surface area contributed by atoms with E-state index >= 15 is 0 Å². The molecule has 0 saturated carbocycles. The molecule has 0 fully saturated rings. The van der Waals surface area contributed by atoms with Crippen LogP contribution in [0.15, 0.2) is 60.8 Å². The molecule has 5 rings (SSSR count). The number of aromatic nitrogens is 5. The Balaban J connectivity index is 1.49. The van der Waals surface area contributed by atoms with Gasteiger partial charge in [0.2, 0.25) is 0 Å². The molecule has 42 heavy (non-hydrogen) atoms. The number of alkyl halides is 6. The second kappa shape index (κ2) is 10.5. The van der Waals surface area contributed by atoms with Crippen LogP contribution in [0.1, 0.15) is 38.6 Å². The van der Waals surface area contributed by atoms with Gasteiger partial charge in [0.25, 0.3) is 5.91 Å². The minimum absolute atomic E-state index is 0.00903. The minimum Gasteiger partial charge on any atom is -0.497 e. The number of carbonyl (C=O) groups excluding carboxylic acids is 1. The summed E-state index contributed by atoms with van der Waals surface area (Å²) in [6.07, 6.45) is -8.33. The topological polar surface area (TPSA) is 86.3 Å². The van der Waals surface area contributed by atoms with Crippen LogP contribution in [-0.4, -0.2) is 37.4 Å². The van der Waals surface area contributed by atoms with Crippen molar-refractivity contribution < 1.29 is 35.9 Å². The number of carbonyl (C=O) groups is 1. The second-order valence-corrected chi connectivity index (χ2v) is 9.40. The molecule has 8 nitrogen and oxygen atoms in total. The monoisotopic (exact) mass is 588 g/mol. The van der Waals surface area contributed by atoms with Gasteiger partial charge in [-0.05, 0) is 61.9 Å². The van der Waals surface area contributed by atoms with E-state index in [9.17, 15) is 31.1 Å². The molecule has 0 spiro atoms. The van der Waals surface area contributed by atoms with Crippen LogP contribution < -0.4 is 10.1 Å². The molecule has 0 aliphatic rings. The summed E-state index contributed by atoms with van der Waals surface area (Å²) < 4.78 is 88.4. The van der Waals surface area contributed by atoms with Crippen LogP contribution in [0.2, 0.25) is 0 Å². The molecule has 14 heteroatoms. The average molecular weight is 589 g/mol. The molecule has 3 aromatic heterocycles. The molecule has 0 atom stereocenters. The summed E-state index contributed by atoms with van der Waals surface area (Å²) >= 11 is 0. The van der Waals surface area contributed by atoms with Gasteiger partial charge >= 0.3 is 12.4 Å². The van der Waals surface area contributed by atoms with Crippen LogP contribution in [-0.2, 0) is 18.9 Å². The maximum Gasteiger partial charge on any atom is 0.433 e. The van der Waals surface area contributed by atoms with Crippen LogP contribution in [0.5, 0.6) is 5.75 Å². The summed E-state index contributed by atoms with van der Waals surface area (Å²) in [6.45, 7) is 3.19. The summed E-state index contributed by atoms with van der Waals surface area (Å²) in [6, 6.07) is 11.9. The predicted octanol–water partition coefficient (Wildman–Crippen LogP) is 6.56. The van der Waals surface area contributed by atoms with Gasteiger partial charge in [-0.2, -0.15) is 36.5 Å². The standard InChI is InChI=1S/C28H22F6N6O2/c1-15-24(16(2)39(38-15)14-17-5-4-6-19(11-17)27(29,30)31)37-26(41)21-13-35-40-23(28(32,33)34)12-22(36-25(21)40)18-7-9-20(42-3)10-8-18/h4-13H,14H2,1-3H3,(H,37,41). The zero-order valence-electron chi connectivity index (χ0n) is 22.3. The third kappa shape index (κ3) is 5.51. The van der Waals surface area contributed by atoms with Crippen molar-refractivity contribution in [1.82, 2.24) is 24.4 Å². The first-order valence-electron chi connectivity index (χ1n) is 12.4. The van der Waals surface area contributed by atoms with E-state index in [1.807, 2.05) is 0 Å². The number of nitrogens with zero attached hydrogens (tertiary/aromatic N) is 5. The maximum atomic E-state index is 14.0. The van der Waals surface area contributed by atoms with Gasteiger partial charge in [0, 0.05) is 5.56 Å². The maximum absolute atomic E-state index is 14.0. The van der Waals surface area contributed by atoms with Crippen LogP contribution in [0.4, 0.5) is 32.0 Å². The molecule has 0 saturated heterocycles. The lowest BCUT2D eigenvalue weighted by Crippen LogP contribution is -2.16. The Morgan fingerprint density at radius 1 is 0.976 bits per heavy atom. The quantitative estimate of drug-likeness (QED) is 0.227. The fraction of sp³-hybridized carbons (Fsp3) is 0.214. The van der Waals surface area contributed by atoms with Crippen molar-refractivity contribution in [1.29, 1.82) is 0 Å². The first-order valence-corrected chi connectivity index (χ1v) is 12.4. The number of amides is 1. The lowest BCUT2D eigenvalue weighted by atomic mass is 10.1. The molecule has 0 unspecified atom stereocenters. The normalized spacial score (nSPS) is 12.1. The molecule has 3 heterocycles. The van der Waals surface area contributed by atoms with Crippen molar-refractivity contribution in [2.75, 3.05) is 12.4 Å². The summed E-state index contributed by atoms with van der Waals surface area (Å²) in [5.41, 5.74) is -0.766. The Kier molecular flexibility index (Phi) is 7.16. The SMILES string of the molecule is COc1ccc(-c2cc(C(F)(F)F)n3ncc(C(=O)Nc4c(C)nn(Cc5cccc(C(F)(F)F)c5)c4C)c3n2)cc1. The summed E-state index contributed by atoms with van der Waals surface area (Å²) in [7, 11) is 1.46. The third-order valence-corrected chi connectivity index (χ3v) is 6.60. The molecular formula is C28H22F6N6O2. The van der Waals surface area contributed by atoms with Gasteiger partial charge in [-0.3, -0.25) is 9.48 Å². The van der Waals surface area contributed by atoms with Crippen LogP contribution in [0, 0.1) is 13.8 Å². The fourth-order valence-corrected chi connectivity index (χ4v) is 4.47. The van der Waals surface area contributed by atoms with E-state index in [1.165, 1.54) is 23.9 Å². The van der Waals surface area contributed by atoms with Crippen LogP contribution >= 0.6 is 0 Å².